The van der Waals surface area contributed by atoms with Gasteiger partial charge in [-0.25, -0.2) is 9.36 Å². The monoisotopic (exact) mass is 435 g/mol. The molecule has 2 aromatic carbocycles. The van der Waals surface area contributed by atoms with Crippen LogP contribution in [0.5, 0.6) is 0 Å². The lowest BCUT2D eigenvalue weighted by atomic mass is 10.1. The Kier molecular flexibility index (Phi) is 5.37. The molecule has 0 spiro atoms. The Labute approximate surface area is 184 Å². The normalized spacial score (nSPS) is 11.1. The van der Waals surface area contributed by atoms with E-state index in [1.165, 1.54) is 4.68 Å². The molecule has 0 radical (unpaired) electrons. The fraction of sp³-hybridized carbons (Fsp3) is 0.217. The van der Waals surface area contributed by atoms with E-state index in [2.05, 4.69) is 15.5 Å². The Hall–Kier alpha value is -3.45. The van der Waals surface area contributed by atoms with Gasteiger partial charge >= 0.3 is 0 Å². The van der Waals surface area contributed by atoms with E-state index in [9.17, 15) is 9.59 Å². The second kappa shape index (κ2) is 8.00. The highest BCUT2D eigenvalue weighted by atomic mass is 35.5. The predicted octanol–water partition coefficient (Wildman–Crippen LogP) is 4.11. The first-order valence-electron chi connectivity index (χ1n) is 9.83. The van der Waals surface area contributed by atoms with E-state index < -0.39 is 0 Å². The molecule has 4 aromatic rings. The van der Waals surface area contributed by atoms with Gasteiger partial charge in [0.15, 0.2) is 0 Å². The molecule has 1 N–H and O–H groups in total. The van der Waals surface area contributed by atoms with Gasteiger partial charge in [-0.05, 0) is 57.0 Å². The molecule has 4 rings (SSSR count). The fourth-order valence-corrected chi connectivity index (χ4v) is 3.74. The van der Waals surface area contributed by atoms with Crippen LogP contribution in [0.2, 0.25) is 5.02 Å². The van der Waals surface area contributed by atoms with Crippen molar-refractivity contribution in [1.29, 1.82) is 0 Å². The van der Waals surface area contributed by atoms with Crippen LogP contribution in [0.3, 0.4) is 0 Å². The van der Waals surface area contributed by atoms with Gasteiger partial charge in [-0.3, -0.25) is 9.59 Å². The van der Waals surface area contributed by atoms with Crippen LogP contribution >= 0.6 is 11.6 Å². The predicted molar refractivity (Wildman–Crippen MR) is 122 cm³/mol. The van der Waals surface area contributed by atoms with Crippen molar-refractivity contribution in [3.05, 3.63) is 80.4 Å². The summed E-state index contributed by atoms with van der Waals surface area (Å²) >= 11 is 6.13. The minimum Gasteiger partial charge on any atom is -0.324 e. The summed E-state index contributed by atoms with van der Waals surface area (Å²) in [5.74, 6) is -0.370. The second-order valence-corrected chi connectivity index (χ2v) is 8.08. The molecule has 158 valence electrons. The van der Waals surface area contributed by atoms with Crippen LogP contribution in [-0.4, -0.2) is 25.5 Å². The average molecular weight is 436 g/mol. The number of aromatic nitrogens is 4. The molecule has 0 atom stereocenters. The van der Waals surface area contributed by atoms with Gasteiger partial charge in [0.2, 0.25) is 5.91 Å². The van der Waals surface area contributed by atoms with Crippen LogP contribution in [0.15, 0.2) is 47.4 Å². The molecule has 1 amide bonds. The third-order valence-corrected chi connectivity index (χ3v) is 5.60. The largest absolute Gasteiger partial charge is 0.324 e. The van der Waals surface area contributed by atoms with E-state index in [0.717, 1.165) is 22.4 Å². The maximum atomic E-state index is 13.2. The van der Waals surface area contributed by atoms with Crippen LogP contribution < -0.4 is 10.9 Å². The van der Waals surface area contributed by atoms with E-state index in [4.69, 9.17) is 11.6 Å². The molecule has 0 fully saturated rings. The van der Waals surface area contributed by atoms with Crippen molar-refractivity contribution in [2.24, 2.45) is 0 Å². The SMILES string of the molecule is Cc1ccc(-n2ncc3c(C)nn(CC(=O)Nc4ccc(C)c(Cl)c4)c(=O)c32)c(C)c1. The number of rotatable bonds is 4. The first-order chi connectivity index (χ1) is 14.7. The molecule has 0 aliphatic carbocycles. The number of nitrogens with one attached hydrogen (secondary N) is 1. The van der Waals surface area contributed by atoms with Crippen molar-refractivity contribution in [1.82, 2.24) is 19.6 Å². The molecule has 0 unspecified atom stereocenters. The molecule has 0 saturated heterocycles. The van der Waals surface area contributed by atoms with Crippen molar-refractivity contribution < 1.29 is 4.79 Å². The number of hydrogen-bond acceptors (Lipinski definition) is 4. The van der Waals surface area contributed by atoms with Gasteiger partial charge in [-0.2, -0.15) is 10.2 Å². The summed E-state index contributed by atoms with van der Waals surface area (Å²) < 4.78 is 2.79. The Morgan fingerprint density at radius 2 is 1.84 bits per heavy atom. The average Bonchev–Trinajstić information content (AvgIpc) is 3.14. The summed E-state index contributed by atoms with van der Waals surface area (Å²) in [6, 6.07) is 11.2. The molecule has 31 heavy (non-hydrogen) atoms. The molecule has 0 aliphatic heterocycles. The Balaban J connectivity index is 1.72. The third kappa shape index (κ3) is 3.96. The number of carbonyl (C=O) groups is 1. The van der Waals surface area contributed by atoms with Crippen LogP contribution in [0.1, 0.15) is 22.4 Å². The number of hydrogen-bond donors (Lipinski definition) is 1. The van der Waals surface area contributed by atoms with Gasteiger partial charge in [-0.1, -0.05) is 35.4 Å². The first kappa shape index (κ1) is 20.8. The van der Waals surface area contributed by atoms with E-state index in [1.807, 2.05) is 45.0 Å². The third-order valence-electron chi connectivity index (χ3n) is 5.20. The van der Waals surface area contributed by atoms with E-state index in [1.54, 1.807) is 29.9 Å². The Bertz CT molecular complexity index is 1390. The van der Waals surface area contributed by atoms with Gasteiger partial charge in [0.05, 0.1) is 17.6 Å². The number of halogens is 1. The van der Waals surface area contributed by atoms with Crippen molar-refractivity contribution in [2.75, 3.05) is 5.32 Å². The van der Waals surface area contributed by atoms with Crippen LogP contribution in [0, 0.1) is 27.7 Å². The van der Waals surface area contributed by atoms with Gasteiger partial charge in [0.1, 0.15) is 12.1 Å². The molecule has 0 bridgehead atoms. The number of nitrogens with zero attached hydrogens (tertiary/aromatic N) is 4. The first-order valence-corrected chi connectivity index (χ1v) is 10.2. The highest BCUT2D eigenvalue weighted by molar-refractivity contribution is 6.31. The summed E-state index contributed by atoms with van der Waals surface area (Å²) in [5, 5.41) is 12.7. The van der Waals surface area contributed by atoms with E-state index in [0.29, 0.717) is 27.3 Å². The maximum absolute atomic E-state index is 13.2. The summed E-state index contributed by atoms with van der Waals surface area (Å²) in [6.45, 7) is 7.44. The summed E-state index contributed by atoms with van der Waals surface area (Å²) in [5.41, 5.74) is 5.05. The molecular weight excluding hydrogens is 414 g/mol. The molecule has 0 saturated carbocycles. The lowest BCUT2D eigenvalue weighted by Crippen LogP contribution is -2.31. The fourth-order valence-electron chi connectivity index (χ4n) is 3.56. The molecule has 7 nitrogen and oxygen atoms in total. The lowest BCUT2D eigenvalue weighted by Gasteiger charge is -2.11. The smallest absolute Gasteiger partial charge is 0.293 e. The van der Waals surface area contributed by atoms with Crippen molar-refractivity contribution in [2.45, 2.75) is 34.2 Å². The van der Waals surface area contributed by atoms with Crippen LogP contribution in [0.4, 0.5) is 5.69 Å². The molecule has 2 heterocycles. The topological polar surface area (TPSA) is 81.8 Å². The van der Waals surface area contributed by atoms with Gasteiger partial charge in [-0.15, -0.1) is 0 Å². The highest BCUT2D eigenvalue weighted by Crippen LogP contribution is 2.21. The molecule has 2 aromatic heterocycles. The summed E-state index contributed by atoms with van der Waals surface area (Å²) in [6.07, 6.45) is 1.64. The number of fused-ring (bicyclic) bond motifs is 1. The number of amides is 1. The van der Waals surface area contributed by atoms with Crippen molar-refractivity contribution in [3.8, 4) is 5.69 Å². The number of carbonyl (C=O) groups excluding carboxylic acids is 1. The zero-order chi connectivity index (χ0) is 22.3. The standard InChI is InChI=1S/C23H22ClN5O2/c1-13-5-8-20(15(3)9-13)29-22-18(11-25-29)16(4)27-28(23(22)31)12-21(30)26-17-7-6-14(2)19(24)10-17/h5-11H,12H2,1-4H3,(H,26,30). The number of aryl methyl sites for hydroxylation is 4. The minimum absolute atomic E-state index is 0.223. The van der Waals surface area contributed by atoms with Crippen LogP contribution in [0.25, 0.3) is 16.6 Å². The van der Waals surface area contributed by atoms with Gasteiger partial charge in [0.25, 0.3) is 5.56 Å². The minimum atomic E-state index is -0.379. The molecule has 0 aliphatic rings. The van der Waals surface area contributed by atoms with Crippen molar-refractivity contribution >= 4 is 34.1 Å². The lowest BCUT2D eigenvalue weighted by molar-refractivity contribution is -0.117. The highest BCUT2D eigenvalue weighted by Gasteiger charge is 2.17. The number of anilines is 1. The quantitative estimate of drug-likeness (QED) is 0.523. The summed E-state index contributed by atoms with van der Waals surface area (Å²) in [4.78, 5) is 25.8. The van der Waals surface area contributed by atoms with Gasteiger partial charge < -0.3 is 5.32 Å². The Morgan fingerprint density at radius 3 is 2.55 bits per heavy atom. The van der Waals surface area contributed by atoms with E-state index in [-0.39, 0.29) is 18.0 Å². The molecule has 8 heteroatoms. The van der Waals surface area contributed by atoms with E-state index >= 15 is 0 Å². The maximum Gasteiger partial charge on any atom is 0.293 e. The zero-order valence-electron chi connectivity index (χ0n) is 17.7. The zero-order valence-corrected chi connectivity index (χ0v) is 18.5. The molecular formula is C23H22ClN5O2. The van der Waals surface area contributed by atoms with Crippen molar-refractivity contribution in [3.63, 3.8) is 0 Å². The van der Waals surface area contributed by atoms with Crippen LogP contribution in [-0.2, 0) is 11.3 Å². The second-order valence-electron chi connectivity index (χ2n) is 7.67. The Morgan fingerprint density at radius 1 is 1.06 bits per heavy atom. The number of benzene rings is 2. The van der Waals surface area contributed by atoms with Gasteiger partial charge in [0, 0.05) is 16.1 Å². The summed E-state index contributed by atoms with van der Waals surface area (Å²) in [7, 11) is 0.